The molecular formula is C23H27NO2. The zero-order valence-electron chi connectivity index (χ0n) is 15.3. The van der Waals surface area contributed by atoms with Crippen molar-refractivity contribution >= 4 is 5.91 Å². The molecule has 1 unspecified atom stereocenters. The summed E-state index contributed by atoms with van der Waals surface area (Å²) in [5, 5.41) is 0. The van der Waals surface area contributed by atoms with Gasteiger partial charge in [0.1, 0.15) is 6.10 Å². The number of benzene rings is 2. The number of amides is 1. The summed E-state index contributed by atoms with van der Waals surface area (Å²) in [6.45, 7) is 2.28. The largest absolute Gasteiger partial charge is 0.368 e. The van der Waals surface area contributed by atoms with Crippen LogP contribution in [0.4, 0.5) is 0 Å². The first-order valence-corrected chi connectivity index (χ1v) is 9.81. The predicted molar refractivity (Wildman–Crippen MR) is 103 cm³/mol. The summed E-state index contributed by atoms with van der Waals surface area (Å²) in [5.41, 5.74) is 2.46. The van der Waals surface area contributed by atoms with Gasteiger partial charge in [-0.3, -0.25) is 4.79 Å². The molecule has 0 radical (unpaired) electrons. The Balaban J connectivity index is 1.67. The van der Waals surface area contributed by atoms with E-state index in [9.17, 15) is 4.79 Å². The van der Waals surface area contributed by atoms with Crippen molar-refractivity contribution < 1.29 is 9.53 Å². The van der Waals surface area contributed by atoms with Crippen LogP contribution in [0.5, 0.6) is 0 Å². The van der Waals surface area contributed by atoms with Crippen molar-refractivity contribution in [3.63, 3.8) is 0 Å². The molecule has 4 rings (SSSR count). The van der Waals surface area contributed by atoms with Gasteiger partial charge in [-0.2, -0.15) is 0 Å². The fourth-order valence-electron chi connectivity index (χ4n) is 4.54. The Kier molecular flexibility index (Phi) is 5.07. The van der Waals surface area contributed by atoms with Crippen LogP contribution in [-0.4, -0.2) is 36.6 Å². The second kappa shape index (κ2) is 7.63. The van der Waals surface area contributed by atoms with E-state index in [0.717, 1.165) is 45.2 Å². The van der Waals surface area contributed by atoms with Crippen molar-refractivity contribution in [2.24, 2.45) is 0 Å². The van der Waals surface area contributed by atoms with E-state index in [4.69, 9.17) is 4.74 Å². The zero-order valence-corrected chi connectivity index (χ0v) is 15.3. The molecule has 1 atom stereocenters. The van der Waals surface area contributed by atoms with E-state index in [-0.39, 0.29) is 17.4 Å². The molecule has 2 aliphatic heterocycles. The summed E-state index contributed by atoms with van der Waals surface area (Å²) in [7, 11) is 0. The SMILES string of the molecule is O=C(C1CCCCO1)N1CCCC(c2ccccc2)(c2ccccc2)C1. The third kappa shape index (κ3) is 3.28. The number of carbonyl (C=O) groups excluding carboxylic acids is 1. The Hall–Kier alpha value is -2.13. The van der Waals surface area contributed by atoms with Crippen molar-refractivity contribution in [1.82, 2.24) is 4.90 Å². The van der Waals surface area contributed by atoms with Crippen LogP contribution < -0.4 is 0 Å². The van der Waals surface area contributed by atoms with Crippen LogP contribution in [0.1, 0.15) is 43.2 Å². The standard InChI is InChI=1S/C23H27NO2/c25-22(21-14-7-8-17-26-21)24-16-9-15-23(18-24,19-10-3-1-4-11-19)20-12-5-2-6-13-20/h1-6,10-13,21H,7-9,14-18H2. The number of hydrogen-bond acceptors (Lipinski definition) is 2. The maximum Gasteiger partial charge on any atom is 0.251 e. The monoisotopic (exact) mass is 349 g/mol. The number of hydrogen-bond donors (Lipinski definition) is 0. The minimum Gasteiger partial charge on any atom is -0.368 e. The lowest BCUT2D eigenvalue weighted by Gasteiger charge is -2.45. The molecule has 26 heavy (non-hydrogen) atoms. The Morgan fingerprint density at radius 3 is 2.15 bits per heavy atom. The molecule has 0 spiro atoms. The van der Waals surface area contributed by atoms with Gasteiger partial charge in [0, 0.05) is 25.1 Å². The van der Waals surface area contributed by atoms with E-state index < -0.39 is 0 Å². The molecule has 2 fully saturated rings. The number of carbonyl (C=O) groups is 1. The van der Waals surface area contributed by atoms with Crippen molar-refractivity contribution in [3.05, 3.63) is 71.8 Å². The third-order valence-electron chi connectivity index (χ3n) is 5.91. The smallest absolute Gasteiger partial charge is 0.251 e. The van der Waals surface area contributed by atoms with Gasteiger partial charge in [0.15, 0.2) is 0 Å². The van der Waals surface area contributed by atoms with Gasteiger partial charge < -0.3 is 9.64 Å². The highest BCUT2D eigenvalue weighted by Gasteiger charge is 2.41. The Morgan fingerprint density at radius 2 is 1.58 bits per heavy atom. The van der Waals surface area contributed by atoms with Gasteiger partial charge in [0.2, 0.25) is 0 Å². The molecule has 2 aliphatic rings. The average Bonchev–Trinajstić information content (AvgIpc) is 2.75. The van der Waals surface area contributed by atoms with Crippen molar-refractivity contribution in [1.29, 1.82) is 0 Å². The number of nitrogens with zero attached hydrogens (tertiary/aromatic N) is 1. The van der Waals surface area contributed by atoms with Gasteiger partial charge in [0.25, 0.3) is 5.91 Å². The van der Waals surface area contributed by atoms with Gasteiger partial charge in [0.05, 0.1) is 0 Å². The minimum absolute atomic E-state index is 0.134. The lowest BCUT2D eigenvalue weighted by Crippen LogP contribution is -2.52. The molecule has 3 nitrogen and oxygen atoms in total. The molecule has 1 amide bonds. The van der Waals surface area contributed by atoms with Crippen LogP contribution in [0.15, 0.2) is 60.7 Å². The summed E-state index contributed by atoms with van der Waals surface area (Å²) in [4.78, 5) is 15.2. The fourth-order valence-corrected chi connectivity index (χ4v) is 4.54. The van der Waals surface area contributed by atoms with Gasteiger partial charge in [-0.15, -0.1) is 0 Å². The number of likely N-dealkylation sites (tertiary alicyclic amines) is 1. The Labute approximate surface area is 156 Å². The molecule has 2 saturated heterocycles. The number of piperidine rings is 1. The summed E-state index contributed by atoms with van der Waals surface area (Å²) >= 11 is 0. The minimum atomic E-state index is -0.244. The van der Waals surface area contributed by atoms with E-state index in [0.29, 0.717) is 6.61 Å². The third-order valence-corrected chi connectivity index (χ3v) is 5.91. The van der Waals surface area contributed by atoms with E-state index >= 15 is 0 Å². The van der Waals surface area contributed by atoms with Crippen LogP contribution in [-0.2, 0) is 14.9 Å². The summed E-state index contributed by atoms with van der Waals surface area (Å²) < 4.78 is 5.78. The van der Waals surface area contributed by atoms with Gasteiger partial charge >= 0.3 is 0 Å². The van der Waals surface area contributed by atoms with Crippen molar-refractivity contribution in [3.8, 4) is 0 Å². The molecule has 0 saturated carbocycles. The van der Waals surface area contributed by atoms with Gasteiger partial charge in [-0.05, 0) is 43.2 Å². The van der Waals surface area contributed by atoms with E-state index in [2.05, 4.69) is 65.6 Å². The van der Waals surface area contributed by atoms with Gasteiger partial charge in [-0.25, -0.2) is 0 Å². The first-order valence-electron chi connectivity index (χ1n) is 9.81. The fraction of sp³-hybridized carbons (Fsp3) is 0.435. The number of rotatable bonds is 3. The van der Waals surface area contributed by atoms with Crippen LogP contribution >= 0.6 is 0 Å². The topological polar surface area (TPSA) is 29.5 Å². The first kappa shape index (κ1) is 17.3. The van der Waals surface area contributed by atoms with Crippen LogP contribution in [0.3, 0.4) is 0 Å². The predicted octanol–water partition coefficient (Wildman–Crippen LogP) is 4.16. The molecule has 2 aromatic rings. The second-order valence-electron chi connectivity index (χ2n) is 7.53. The van der Waals surface area contributed by atoms with Crippen LogP contribution in [0.25, 0.3) is 0 Å². The summed E-state index contributed by atoms with van der Waals surface area (Å²) in [6.07, 6.45) is 4.86. The normalized spacial score (nSPS) is 22.8. The molecule has 0 aliphatic carbocycles. The van der Waals surface area contributed by atoms with Gasteiger partial charge in [-0.1, -0.05) is 60.7 Å². The Morgan fingerprint density at radius 1 is 0.923 bits per heavy atom. The Bertz CT molecular complexity index is 683. The second-order valence-corrected chi connectivity index (χ2v) is 7.53. The highest BCUT2D eigenvalue weighted by molar-refractivity contribution is 5.81. The first-order chi connectivity index (χ1) is 12.8. The maximum atomic E-state index is 13.1. The van der Waals surface area contributed by atoms with E-state index in [1.165, 1.54) is 11.1 Å². The molecule has 136 valence electrons. The highest BCUT2D eigenvalue weighted by Crippen LogP contribution is 2.40. The molecule has 0 aromatic heterocycles. The van der Waals surface area contributed by atoms with E-state index in [1.807, 2.05) is 0 Å². The van der Waals surface area contributed by atoms with Crippen molar-refractivity contribution in [2.75, 3.05) is 19.7 Å². The van der Waals surface area contributed by atoms with Crippen LogP contribution in [0.2, 0.25) is 0 Å². The molecule has 2 aromatic carbocycles. The highest BCUT2D eigenvalue weighted by atomic mass is 16.5. The molecule has 0 N–H and O–H groups in total. The zero-order chi connectivity index (χ0) is 17.8. The summed E-state index contributed by atoms with van der Waals surface area (Å²) in [6, 6.07) is 21.4. The molecule has 3 heteroatoms. The average molecular weight is 349 g/mol. The molecule has 2 heterocycles. The maximum absolute atomic E-state index is 13.1. The van der Waals surface area contributed by atoms with Crippen molar-refractivity contribution in [2.45, 2.75) is 43.6 Å². The van der Waals surface area contributed by atoms with Crippen LogP contribution in [0, 0.1) is 0 Å². The quantitative estimate of drug-likeness (QED) is 0.832. The number of ether oxygens (including phenoxy) is 1. The summed E-state index contributed by atoms with van der Waals surface area (Å²) in [5.74, 6) is 0.181. The lowest BCUT2D eigenvalue weighted by molar-refractivity contribution is -0.148. The lowest BCUT2D eigenvalue weighted by atomic mass is 9.69. The molecular weight excluding hydrogens is 322 g/mol. The molecule has 0 bridgehead atoms. The van der Waals surface area contributed by atoms with E-state index in [1.54, 1.807) is 0 Å².